The van der Waals surface area contributed by atoms with Gasteiger partial charge < -0.3 is 14.8 Å². The first-order valence-electron chi connectivity index (χ1n) is 5.27. The maximum Gasteiger partial charge on any atom is 0.573 e. The first-order valence-corrected chi connectivity index (χ1v) is 5.27. The van der Waals surface area contributed by atoms with Crippen molar-refractivity contribution >= 4 is 0 Å². The molecule has 17 heavy (non-hydrogen) atoms. The van der Waals surface area contributed by atoms with E-state index in [1.807, 2.05) is 0 Å². The van der Waals surface area contributed by atoms with E-state index in [9.17, 15) is 13.2 Å². The first-order chi connectivity index (χ1) is 8.04. The minimum atomic E-state index is -4.70. The topological polar surface area (TPSA) is 30.5 Å². The molecule has 2 rings (SSSR count). The summed E-state index contributed by atoms with van der Waals surface area (Å²) in [6, 6.07) is 5.80. The molecular formula is C11H12F3NO2. The highest BCUT2D eigenvalue weighted by Crippen LogP contribution is 2.32. The Kier molecular flexibility index (Phi) is 3.42. The summed E-state index contributed by atoms with van der Waals surface area (Å²) in [5.74, 6) is -0.176. The van der Waals surface area contributed by atoms with Crippen LogP contribution in [0.5, 0.6) is 11.5 Å². The Hall–Kier alpha value is -1.43. The average Bonchev–Trinajstić information content (AvgIpc) is 2.71. The van der Waals surface area contributed by atoms with Gasteiger partial charge in [0, 0.05) is 6.54 Å². The third-order valence-corrected chi connectivity index (χ3v) is 2.38. The summed E-state index contributed by atoms with van der Waals surface area (Å²) in [6.07, 6.45) is -4.03. The molecule has 1 N–H and O–H groups in total. The van der Waals surface area contributed by atoms with Gasteiger partial charge in [0.1, 0.15) is 6.10 Å². The van der Waals surface area contributed by atoms with Gasteiger partial charge in [0.2, 0.25) is 0 Å². The van der Waals surface area contributed by atoms with E-state index in [1.54, 1.807) is 6.07 Å². The standard InChI is InChI=1S/C11H12F3NO2/c12-11(13,14)17-10-4-2-1-3-9(10)16-8-5-6-15-7-8/h1-4,8,15H,5-7H2/t8-/m0/s1. The van der Waals surface area contributed by atoms with Crippen LogP contribution in [0, 0.1) is 0 Å². The molecule has 0 amide bonds. The predicted octanol–water partition coefficient (Wildman–Crippen LogP) is 2.33. The molecule has 0 radical (unpaired) electrons. The van der Waals surface area contributed by atoms with E-state index in [4.69, 9.17) is 4.74 Å². The highest BCUT2D eigenvalue weighted by molar-refractivity contribution is 5.39. The van der Waals surface area contributed by atoms with Crippen LogP contribution in [0.3, 0.4) is 0 Å². The van der Waals surface area contributed by atoms with Gasteiger partial charge in [-0.05, 0) is 25.1 Å². The Bertz CT molecular complexity index is 375. The average molecular weight is 247 g/mol. The van der Waals surface area contributed by atoms with Crippen LogP contribution in [0.2, 0.25) is 0 Å². The Morgan fingerprint density at radius 1 is 1.18 bits per heavy atom. The van der Waals surface area contributed by atoms with E-state index in [2.05, 4.69) is 10.1 Å². The fourth-order valence-corrected chi connectivity index (χ4v) is 1.66. The molecule has 0 aliphatic carbocycles. The Morgan fingerprint density at radius 2 is 1.88 bits per heavy atom. The lowest BCUT2D eigenvalue weighted by molar-refractivity contribution is -0.275. The second-order valence-electron chi connectivity index (χ2n) is 3.73. The van der Waals surface area contributed by atoms with Gasteiger partial charge in [-0.3, -0.25) is 0 Å². The summed E-state index contributed by atoms with van der Waals surface area (Å²) < 4.78 is 45.8. The van der Waals surface area contributed by atoms with Crippen molar-refractivity contribution in [1.29, 1.82) is 0 Å². The molecule has 0 bridgehead atoms. The van der Waals surface area contributed by atoms with Gasteiger partial charge in [-0.15, -0.1) is 13.2 Å². The van der Waals surface area contributed by atoms with Crippen molar-refractivity contribution in [3.8, 4) is 11.5 Å². The fourth-order valence-electron chi connectivity index (χ4n) is 1.66. The highest BCUT2D eigenvalue weighted by Gasteiger charge is 2.32. The molecule has 1 aromatic carbocycles. The number of alkyl halides is 3. The molecular weight excluding hydrogens is 235 g/mol. The molecule has 1 saturated heterocycles. The summed E-state index contributed by atoms with van der Waals surface area (Å²) in [6.45, 7) is 1.45. The van der Waals surface area contributed by atoms with Gasteiger partial charge in [-0.25, -0.2) is 0 Å². The number of hydrogen-bond acceptors (Lipinski definition) is 3. The Balaban J connectivity index is 2.09. The van der Waals surface area contributed by atoms with Crippen LogP contribution < -0.4 is 14.8 Å². The van der Waals surface area contributed by atoms with Gasteiger partial charge in [-0.2, -0.15) is 0 Å². The SMILES string of the molecule is FC(F)(F)Oc1ccccc1O[C@H]1CCNC1. The summed E-state index contributed by atoms with van der Waals surface area (Å²) in [5.41, 5.74) is 0. The van der Waals surface area contributed by atoms with Gasteiger partial charge >= 0.3 is 6.36 Å². The van der Waals surface area contributed by atoms with Crippen LogP contribution in [-0.2, 0) is 0 Å². The van der Waals surface area contributed by atoms with Crippen molar-refractivity contribution in [2.24, 2.45) is 0 Å². The van der Waals surface area contributed by atoms with Gasteiger partial charge in [0.05, 0.1) is 0 Å². The van der Waals surface area contributed by atoms with Gasteiger partial charge in [-0.1, -0.05) is 12.1 Å². The van der Waals surface area contributed by atoms with E-state index in [0.717, 1.165) is 13.0 Å². The zero-order chi connectivity index (χ0) is 12.3. The molecule has 1 fully saturated rings. The Labute approximate surface area is 96.5 Å². The Morgan fingerprint density at radius 3 is 2.47 bits per heavy atom. The number of nitrogens with one attached hydrogen (secondary N) is 1. The fraction of sp³-hybridized carbons (Fsp3) is 0.455. The molecule has 0 spiro atoms. The monoisotopic (exact) mass is 247 g/mol. The van der Waals surface area contributed by atoms with Crippen LogP contribution in [0.4, 0.5) is 13.2 Å². The van der Waals surface area contributed by atoms with E-state index in [1.165, 1.54) is 18.2 Å². The van der Waals surface area contributed by atoms with Crippen molar-refractivity contribution < 1.29 is 22.6 Å². The van der Waals surface area contributed by atoms with E-state index in [-0.39, 0.29) is 17.6 Å². The largest absolute Gasteiger partial charge is 0.573 e. The number of ether oxygens (including phenoxy) is 2. The van der Waals surface area contributed by atoms with Crippen LogP contribution in [0.1, 0.15) is 6.42 Å². The second kappa shape index (κ2) is 4.83. The van der Waals surface area contributed by atoms with E-state index in [0.29, 0.717) is 6.54 Å². The van der Waals surface area contributed by atoms with Crippen LogP contribution in [0.25, 0.3) is 0 Å². The minimum Gasteiger partial charge on any atom is -0.485 e. The molecule has 94 valence electrons. The lowest BCUT2D eigenvalue weighted by Gasteiger charge is -2.17. The lowest BCUT2D eigenvalue weighted by Crippen LogP contribution is -2.21. The molecule has 3 nitrogen and oxygen atoms in total. The number of rotatable bonds is 3. The predicted molar refractivity (Wildman–Crippen MR) is 55.0 cm³/mol. The van der Waals surface area contributed by atoms with Crippen molar-refractivity contribution in [3.05, 3.63) is 24.3 Å². The van der Waals surface area contributed by atoms with Crippen LogP contribution in [0.15, 0.2) is 24.3 Å². The molecule has 1 atom stereocenters. The summed E-state index contributed by atoms with van der Waals surface area (Å²) in [7, 11) is 0. The maximum absolute atomic E-state index is 12.1. The number of para-hydroxylation sites is 2. The van der Waals surface area contributed by atoms with E-state index < -0.39 is 6.36 Å². The lowest BCUT2D eigenvalue weighted by atomic mass is 10.3. The van der Waals surface area contributed by atoms with Gasteiger partial charge in [0.25, 0.3) is 0 Å². The molecule has 1 aliphatic heterocycles. The number of hydrogen-bond donors (Lipinski definition) is 1. The summed E-state index contributed by atoms with van der Waals surface area (Å²) in [4.78, 5) is 0. The molecule has 1 heterocycles. The molecule has 0 saturated carbocycles. The smallest absolute Gasteiger partial charge is 0.485 e. The van der Waals surface area contributed by atoms with Crippen LogP contribution in [-0.4, -0.2) is 25.6 Å². The molecule has 0 aromatic heterocycles. The quantitative estimate of drug-likeness (QED) is 0.889. The summed E-state index contributed by atoms with van der Waals surface area (Å²) >= 11 is 0. The normalized spacial score (nSPS) is 20.3. The molecule has 0 unspecified atom stereocenters. The third kappa shape index (κ3) is 3.52. The maximum atomic E-state index is 12.1. The molecule has 1 aromatic rings. The summed E-state index contributed by atoms with van der Waals surface area (Å²) in [5, 5.41) is 3.07. The third-order valence-electron chi connectivity index (χ3n) is 2.38. The van der Waals surface area contributed by atoms with Crippen molar-refractivity contribution in [2.45, 2.75) is 18.9 Å². The number of benzene rings is 1. The first kappa shape index (κ1) is 12.0. The van der Waals surface area contributed by atoms with Crippen molar-refractivity contribution in [2.75, 3.05) is 13.1 Å². The molecule has 6 heteroatoms. The number of halogens is 3. The van der Waals surface area contributed by atoms with Crippen molar-refractivity contribution in [1.82, 2.24) is 5.32 Å². The van der Waals surface area contributed by atoms with Crippen molar-refractivity contribution in [3.63, 3.8) is 0 Å². The molecule has 1 aliphatic rings. The second-order valence-corrected chi connectivity index (χ2v) is 3.73. The van der Waals surface area contributed by atoms with E-state index >= 15 is 0 Å². The highest BCUT2D eigenvalue weighted by atomic mass is 19.4. The zero-order valence-electron chi connectivity index (χ0n) is 8.96. The minimum absolute atomic E-state index is 0.104. The zero-order valence-corrected chi connectivity index (χ0v) is 8.96. The van der Waals surface area contributed by atoms with Gasteiger partial charge in [0.15, 0.2) is 11.5 Å². The van der Waals surface area contributed by atoms with Crippen LogP contribution >= 0.6 is 0 Å².